The number of benzene rings is 2. The second-order valence-corrected chi connectivity index (χ2v) is 15.3. The molecule has 0 aliphatic heterocycles. The van der Waals surface area contributed by atoms with Gasteiger partial charge in [0.15, 0.2) is 23.6 Å². The molecule has 59 heavy (non-hydrogen) atoms. The number of carboxylic acids is 2. The lowest BCUT2D eigenvalue weighted by Crippen LogP contribution is -2.25. The molecule has 0 saturated heterocycles. The van der Waals surface area contributed by atoms with Crippen LogP contribution in [0.4, 0.5) is 39.5 Å². The number of carbonyl (C=O) groups is 2. The van der Waals surface area contributed by atoms with Crippen LogP contribution in [-0.4, -0.2) is 92.3 Å². The maximum atomic E-state index is 15.7. The van der Waals surface area contributed by atoms with E-state index in [9.17, 15) is 48.6 Å². The van der Waals surface area contributed by atoms with Crippen LogP contribution in [0.15, 0.2) is 38.5 Å². The van der Waals surface area contributed by atoms with Crippen LogP contribution in [0.1, 0.15) is 18.4 Å². The summed E-state index contributed by atoms with van der Waals surface area (Å²) in [5, 5.41) is 22.6. The average Bonchev–Trinajstić information content (AvgIpc) is 3.57. The minimum absolute atomic E-state index is 0.119. The van der Waals surface area contributed by atoms with Gasteiger partial charge in [0, 0.05) is 37.4 Å². The van der Waals surface area contributed by atoms with Crippen LogP contribution >= 0.6 is 18.9 Å². The highest BCUT2D eigenvalue weighted by Crippen LogP contribution is 2.45. The van der Waals surface area contributed by atoms with E-state index in [1.165, 1.54) is 0 Å². The third kappa shape index (κ3) is 17.3. The zero-order chi connectivity index (χ0) is 45.5. The Kier molecular flexibility index (Phi) is 19.0. The molecule has 0 saturated carbocycles. The first kappa shape index (κ1) is 51.3. The normalized spacial score (nSPS) is 12.3. The molecule has 19 nitrogen and oxygen atoms in total. The molecule has 0 bridgehead atoms. The van der Waals surface area contributed by atoms with Gasteiger partial charge in [-0.05, 0) is 18.2 Å². The van der Waals surface area contributed by atoms with E-state index in [-0.39, 0.29) is 56.6 Å². The molecular weight excluding hydrogens is 890 g/mol. The van der Waals surface area contributed by atoms with Gasteiger partial charge < -0.3 is 52.0 Å². The molecule has 0 radical (unpaired) electrons. The number of aliphatic carboxylic acids is 2. The molecular formula is C28H30F9N8O11PS2. The van der Waals surface area contributed by atoms with Crippen LogP contribution in [-0.2, 0) is 24.2 Å². The fourth-order valence-electron chi connectivity index (χ4n) is 3.48. The molecule has 3 rings (SSSR count). The van der Waals surface area contributed by atoms with Crippen molar-refractivity contribution < 1.29 is 91.2 Å². The Morgan fingerprint density at radius 3 is 1.73 bits per heavy atom. The predicted octanol–water partition coefficient (Wildman–Crippen LogP) is 3.04. The number of nitrogens with two attached hydrogens (primary N) is 4. The lowest BCUT2D eigenvalue weighted by molar-refractivity contribution is -0.193. The van der Waals surface area contributed by atoms with E-state index in [4.69, 9.17) is 62.0 Å². The number of carboxylic acid groups (broad SMARTS) is 2. The average molecular weight is 921 g/mol. The monoisotopic (exact) mass is 920 g/mol. The van der Waals surface area contributed by atoms with E-state index < -0.39 is 97.2 Å². The number of guanidine groups is 2. The van der Waals surface area contributed by atoms with Crippen molar-refractivity contribution in [3.63, 3.8) is 0 Å². The molecule has 1 unspecified atom stereocenters. The maximum absolute atomic E-state index is 15.7. The molecule has 31 heteroatoms. The van der Waals surface area contributed by atoms with Crippen molar-refractivity contribution in [2.24, 2.45) is 32.9 Å². The van der Waals surface area contributed by atoms with Gasteiger partial charge >= 0.3 is 31.9 Å². The van der Waals surface area contributed by atoms with Crippen LogP contribution in [0, 0.1) is 28.8 Å². The van der Waals surface area contributed by atoms with Crippen LogP contribution in [0.25, 0.3) is 10.1 Å². The molecule has 328 valence electrons. The number of nitrogens with zero attached hydrogens (tertiary/aromatic N) is 3. The third-order valence-electron chi connectivity index (χ3n) is 5.95. The topological polar surface area (TPSA) is 338 Å². The summed E-state index contributed by atoms with van der Waals surface area (Å²) in [5.74, 6) is -10.9. The summed E-state index contributed by atoms with van der Waals surface area (Å²) in [6, 6.07) is 5.09. The van der Waals surface area contributed by atoms with E-state index in [1.807, 2.05) is 4.72 Å². The van der Waals surface area contributed by atoms with Gasteiger partial charge in [0.2, 0.25) is 11.5 Å². The standard InChI is InChI=1S/C24H28F3N8O7PS2.2C2HF3O2/c25-16-9-14(4-3-13(16)11-28)42-43(36,37)12-35-45(38,39)17-10-15-18(26)20(40-7-1-5-33-23(29)30)21(19(27)22(15)44-17)41-8-2-6-34-24(31)32;2*3-2(4,5)1(6)7/h3-4,9-10,35H,1-2,5-8,12H2,(H,36,37)(H4,29,30,33)(H4,31,32,34);2*(H,6,7). The number of hydrogen-bond donors (Lipinski definition) is 8. The van der Waals surface area contributed by atoms with Crippen LogP contribution in [0.5, 0.6) is 17.2 Å². The number of sulfonamides is 1. The Bertz CT molecular complexity index is 2130. The van der Waals surface area contributed by atoms with Gasteiger partial charge in [0.05, 0.1) is 23.5 Å². The van der Waals surface area contributed by atoms with Crippen LogP contribution < -0.4 is 41.7 Å². The smallest absolute Gasteiger partial charge is 0.487 e. The number of halogens is 9. The number of alkyl halides is 6. The molecule has 0 amide bonds. The molecule has 1 heterocycles. The molecule has 0 fully saturated rings. The van der Waals surface area contributed by atoms with Crippen molar-refractivity contribution >= 4 is 62.9 Å². The molecule has 1 atom stereocenters. The summed E-state index contributed by atoms with van der Waals surface area (Å²) in [4.78, 5) is 35.4. The lowest BCUT2D eigenvalue weighted by atomic mass is 10.2. The summed E-state index contributed by atoms with van der Waals surface area (Å²) in [6.07, 6.45) is -11.0. The first-order valence-corrected chi connectivity index (χ1v) is 19.2. The number of nitriles is 1. The van der Waals surface area contributed by atoms with Crippen LogP contribution in [0.2, 0.25) is 0 Å². The Labute approximate surface area is 329 Å². The number of hydrogen-bond acceptors (Lipinski definition) is 12. The Hall–Kier alpha value is -5.76. The second kappa shape index (κ2) is 21.8. The van der Waals surface area contributed by atoms with Gasteiger partial charge in [-0.3, -0.25) is 9.98 Å². The minimum Gasteiger partial charge on any atom is -0.487 e. The molecule has 0 aliphatic carbocycles. The highest BCUT2D eigenvalue weighted by atomic mass is 32.2. The third-order valence-corrected chi connectivity index (χ3v) is 10.2. The fourth-order valence-corrected chi connectivity index (χ4v) is 7.42. The van der Waals surface area contributed by atoms with E-state index in [0.717, 1.165) is 18.2 Å². The molecule has 3 aromatic rings. The number of thiophene rings is 1. The SMILES string of the molecule is N#Cc1ccc(OP(=O)(O)CNS(=O)(=O)c2cc3c(F)c(OCCCN=C(N)N)c(OCCCN=C(N)N)c(F)c3s2)cc1F.O=C(O)C(F)(F)F.O=C(O)C(F)(F)F. The van der Waals surface area contributed by atoms with Crippen molar-refractivity contribution in [2.45, 2.75) is 29.4 Å². The van der Waals surface area contributed by atoms with E-state index in [1.54, 1.807) is 6.07 Å². The predicted molar refractivity (Wildman–Crippen MR) is 187 cm³/mol. The Morgan fingerprint density at radius 1 is 0.864 bits per heavy atom. The van der Waals surface area contributed by atoms with Crippen molar-refractivity contribution in [3.8, 4) is 23.3 Å². The van der Waals surface area contributed by atoms with Crippen LogP contribution in [0.3, 0.4) is 0 Å². The zero-order valence-corrected chi connectivity index (χ0v) is 31.7. The van der Waals surface area contributed by atoms with Crippen molar-refractivity contribution in [2.75, 3.05) is 32.6 Å². The van der Waals surface area contributed by atoms with E-state index >= 15 is 8.78 Å². The lowest BCUT2D eigenvalue weighted by Gasteiger charge is -2.15. The number of rotatable bonds is 16. The largest absolute Gasteiger partial charge is 0.490 e. The summed E-state index contributed by atoms with van der Waals surface area (Å²) >= 11 is 0.317. The number of ether oxygens (including phenoxy) is 2. The van der Waals surface area contributed by atoms with E-state index in [2.05, 4.69) is 9.98 Å². The summed E-state index contributed by atoms with van der Waals surface area (Å²) in [7, 11) is -9.41. The molecule has 12 N–H and O–H groups in total. The van der Waals surface area contributed by atoms with Gasteiger partial charge in [-0.15, -0.1) is 11.3 Å². The minimum atomic E-state index is -5.08. The Morgan fingerprint density at radius 2 is 1.32 bits per heavy atom. The molecule has 0 aliphatic rings. The van der Waals surface area contributed by atoms with Gasteiger partial charge in [0.25, 0.3) is 10.0 Å². The number of fused-ring (bicyclic) bond motifs is 1. The second-order valence-electron chi connectivity index (χ2n) is 10.5. The summed E-state index contributed by atoms with van der Waals surface area (Å²) in [6.45, 7) is -0.103. The number of aliphatic imine (C=N–C) groups is 2. The maximum Gasteiger partial charge on any atom is 0.490 e. The highest BCUT2D eigenvalue weighted by Gasteiger charge is 2.39. The Balaban J connectivity index is 0.00000106. The molecule has 1 aromatic heterocycles. The van der Waals surface area contributed by atoms with Gasteiger partial charge in [-0.2, -0.15) is 36.3 Å². The fraction of sp³-hybridized carbons (Fsp3) is 0.321. The molecule has 0 spiro atoms. The number of nitrogens with one attached hydrogen (secondary N) is 1. The van der Waals surface area contributed by atoms with Crippen molar-refractivity contribution in [1.82, 2.24) is 4.72 Å². The van der Waals surface area contributed by atoms with Gasteiger partial charge in [0.1, 0.15) is 28.1 Å². The van der Waals surface area contributed by atoms with Gasteiger partial charge in [-0.1, -0.05) is 0 Å². The first-order chi connectivity index (χ1) is 27.0. The molecule has 2 aromatic carbocycles. The van der Waals surface area contributed by atoms with Gasteiger partial charge in [-0.25, -0.2) is 35.7 Å². The quantitative estimate of drug-likeness (QED) is 0.0336. The summed E-state index contributed by atoms with van der Waals surface area (Å²) < 4.78 is 164. The van der Waals surface area contributed by atoms with E-state index in [0.29, 0.717) is 17.4 Å². The zero-order valence-electron chi connectivity index (χ0n) is 29.2. The first-order valence-electron chi connectivity index (χ1n) is 15.2. The van der Waals surface area contributed by atoms with Crippen molar-refractivity contribution in [3.05, 3.63) is 47.3 Å². The highest BCUT2D eigenvalue weighted by molar-refractivity contribution is 7.92. The summed E-state index contributed by atoms with van der Waals surface area (Å²) in [5.41, 5.74) is 20.7. The van der Waals surface area contributed by atoms with Crippen molar-refractivity contribution in [1.29, 1.82) is 5.26 Å².